The molecule has 13 heavy (non-hydrogen) atoms. The summed E-state index contributed by atoms with van der Waals surface area (Å²) in [5.74, 6) is 0. The average molecular weight is 192 g/mol. The number of hydrogen-bond donors (Lipinski definition) is 0. The van der Waals surface area contributed by atoms with Crippen molar-refractivity contribution in [3.8, 4) is 0 Å². The minimum Gasteiger partial charge on any atom is -0.166 e. The molecule has 0 aromatic heterocycles. The van der Waals surface area contributed by atoms with Gasteiger partial charge in [0.1, 0.15) is 0 Å². The molecule has 0 saturated heterocycles. The molecule has 0 bridgehead atoms. The molecular formula is C10H15F3. The SMILES string of the molecule is CC/C=C(\C=C(\C)CC)C(F)(F)F. The molecule has 0 aliphatic heterocycles. The van der Waals surface area contributed by atoms with Gasteiger partial charge in [0.25, 0.3) is 0 Å². The first-order valence-corrected chi connectivity index (χ1v) is 4.36. The molecule has 0 spiro atoms. The van der Waals surface area contributed by atoms with Crippen LogP contribution in [0, 0.1) is 0 Å². The van der Waals surface area contributed by atoms with E-state index >= 15 is 0 Å². The maximum Gasteiger partial charge on any atom is 0.416 e. The third kappa shape index (κ3) is 4.76. The zero-order valence-electron chi connectivity index (χ0n) is 8.20. The van der Waals surface area contributed by atoms with Crippen molar-refractivity contribution in [2.45, 2.75) is 39.8 Å². The smallest absolute Gasteiger partial charge is 0.166 e. The van der Waals surface area contributed by atoms with Gasteiger partial charge in [-0.2, -0.15) is 13.2 Å². The molecule has 0 nitrogen and oxygen atoms in total. The van der Waals surface area contributed by atoms with Crippen molar-refractivity contribution in [3.05, 3.63) is 23.3 Å². The molecule has 0 N–H and O–H groups in total. The van der Waals surface area contributed by atoms with Gasteiger partial charge in [-0.25, -0.2) is 0 Å². The van der Waals surface area contributed by atoms with E-state index in [1.165, 1.54) is 12.2 Å². The molecule has 0 aromatic carbocycles. The Balaban J connectivity index is 4.75. The molecule has 0 aliphatic rings. The van der Waals surface area contributed by atoms with Crippen LogP contribution in [0.15, 0.2) is 23.3 Å². The van der Waals surface area contributed by atoms with Gasteiger partial charge < -0.3 is 0 Å². The van der Waals surface area contributed by atoms with Crippen LogP contribution >= 0.6 is 0 Å². The maximum absolute atomic E-state index is 12.3. The Kier molecular flexibility index (Phi) is 4.81. The summed E-state index contributed by atoms with van der Waals surface area (Å²) in [5, 5.41) is 0. The van der Waals surface area contributed by atoms with Gasteiger partial charge in [0.2, 0.25) is 0 Å². The molecular weight excluding hydrogens is 177 g/mol. The van der Waals surface area contributed by atoms with E-state index in [1.807, 2.05) is 6.92 Å². The topological polar surface area (TPSA) is 0 Å². The lowest BCUT2D eigenvalue weighted by Crippen LogP contribution is -2.10. The summed E-state index contributed by atoms with van der Waals surface area (Å²) in [6.07, 6.45) is -0.741. The maximum atomic E-state index is 12.3. The van der Waals surface area contributed by atoms with Crippen molar-refractivity contribution in [3.63, 3.8) is 0 Å². The zero-order valence-corrected chi connectivity index (χ0v) is 8.20. The first-order chi connectivity index (χ1) is 5.91. The summed E-state index contributed by atoms with van der Waals surface area (Å²) < 4.78 is 36.9. The molecule has 0 radical (unpaired) electrons. The molecule has 0 aliphatic carbocycles. The van der Waals surface area contributed by atoms with E-state index in [-0.39, 0.29) is 0 Å². The summed E-state index contributed by atoms with van der Waals surface area (Å²) in [6, 6.07) is 0. The molecule has 0 unspecified atom stereocenters. The monoisotopic (exact) mass is 192 g/mol. The first-order valence-electron chi connectivity index (χ1n) is 4.36. The molecule has 76 valence electrons. The lowest BCUT2D eigenvalue weighted by Gasteiger charge is -2.08. The van der Waals surface area contributed by atoms with Gasteiger partial charge in [0, 0.05) is 0 Å². The zero-order chi connectivity index (χ0) is 10.5. The van der Waals surface area contributed by atoms with Gasteiger partial charge >= 0.3 is 6.18 Å². The third-order valence-electron chi connectivity index (χ3n) is 1.71. The summed E-state index contributed by atoms with van der Waals surface area (Å²) in [5.41, 5.74) is 0.214. The summed E-state index contributed by atoms with van der Waals surface area (Å²) in [7, 11) is 0. The molecule has 0 aromatic rings. The normalized spacial score (nSPS) is 14.9. The second-order valence-electron chi connectivity index (χ2n) is 2.91. The van der Waals surface area contributed by atoms with Crippen molar-refractivity contribution < 1.29 is 13.2 Å². The molecule has 3 heteroatoms. The van der Waals surface area contributed by atoms with Gasteiger partial charge in [-0.3, -0.25) is 0 Å². The van der Waals surface area contributed by atoms with Crippen molar-refractivity contribution in [1.82, 2.24) is 0 Å². The van der Waals surface area contributed by atoms with E-state index in [9.17, 15) is 13.2 Å². The first kappa shape index (κ1) is 12.3. The Morgan fingerprint density at radius 2 is 1.77 bits per heavy atom. The molecule has 0 atom stereocenters. The van der Waals surface area contributed by atoms with Gasteiger partial charge in [-0.15, -0.1) is 0 Å². The van der Waals surface area contributed by atoms with Crippen LogP contribution in [-0.2, 0) is 0 Å². The number of allylic oxidation sites excluding steroid dienone is 4. The second kappa shape index (κ2) is 5.10. The van der Waals surface area contributed by atoms with E-state index in [0.29, 0.717) is 12.8 Å². The Morgan fingerprint density at radius 1 is 1.23 bits per heavy atom. The van der Waals surface area contributed by atoms with Gasteiger partial charge in [-0.05, 0) is 19.8 Å². The predicted molar refractivity (Wildman–Crippen MR) is 48.5 cm³/mol. The predicted octanol–water partition coefficient (Wildman–Crippen LogP) is 4.24. The Morgan fingerprint density at radius 3 is 2.08 bits per heavy atom. The highest BCUT2D eigenvalue weighted by atomic mass is 19.4. The van der Waals surface area contributed by atoms with Crippen LogP contribution in [0.2, 0.25) is 0 Å². The molecule has 0 heterocycles. The largest absolute Gasteiger partial charge is 0.416 e. The fourth-order valence-corrected chi connectivity index (χ4v) is 0.844. The summed E-state index contributed by atoms with van der Waals surface area (Å²) in [4.78, 5) is 0. The van der Waals surface area contributed by atoms with Crippen LogP contribution in [0.4, 0.5) is 13.2 Å². The number of hydrogen-bond acceptors (Lipinski definition) is 0. The number of alkyl halides is 3. The highest BCUT2D eigenvalue weighted by Crippen LogP contribution is 2.28. The summed E-state index contributed by atoms with van der Waals surface area (Å²) >= 11 is 0. The summed E-state index contributed by atoms with van der Waals surface area (Å²) in [6.45, 7) is 5.24. The number of rotatable bonds is 3. The van der Waals surface area contributed by atoms with Crippen molar-refractivity contribution in [1.29, 1.82) is 0 Å². The van der Waals surface area contributed by atoms with Crippen molar-refractivity contribution >= 4 is 0 Å². The Labute approximate surface area is 77.1 Å². The number of halogens is 3. The fourth-order valence-electron chi connectivity index (χ4n) is 0.844. The van der Waals surface area contributed by atoms with Crippen LogP contribution in [0.25, 0.3) is 0 Å². The van der Waals surface area contributed by atoms with Crippen LogP contribution in [-0.4, -0.2) is 6.18 Å². The fraction of sp³-hybridized carbons (Fsp3) is 0.600. The molecule has 0 rings (SSSR count). The van der Waals surface area contributed by atoms with Gasteiger partial charge in [-0.1, -0.05) is 31.6 Å². The van der Waals surface area contributed by atoms with E-state index in [2.05, 4.69) is 0 Å². The third-order valence-corrected chi connectivity index (χ3v) is 1.71. The lowest BCUT2D eigenvalue weighted by molar-refractivity contribution is -0.0885. The quantitative estimate of drug-likeness (QED) is 0.586. The minimum absolute atomic E-state index is 0.405. The highest BCUT2D eigenvalue weighted by Gasteiger charge is 2.31. The molecule has 0 fully saturated rings. The Bertz CT molecular complexity index is 209. The molecule has 0 amide bonds. The van der Waals surface area contributed by atoms with E-state index < -0.39 is 11.7 Å². The average Bonchev–Trinajstić information content (AvgIpc) is 2.01. The van der Waals surface area contributed by atoms with Crippen molar-refractivity contribution in [2.75, 3.05) is 0 Å². The van der Waals surface area contributed by atoms with Crippen LogP contribution in [0.3, 0.4) is 0 Å². The van der Waals surface area contributed by atoms with E-state index in [4.69, 9.17) is 0 Å². The standard InChI is InChI=1S/C10H15F3/c1-4-6-9(10(11,12)13)7-8(3)5-2/h6-7H,4-5H2,1-3H3/b8-7-,9-6+. The van der Waals surface area contributed by atoms with Crippen LogP contribution in [0.1, 0.15) is 33.6 Å². The van der Waals surface area contributed by atoms with Crippen molar-refractivity contribution in [2.24, 2.45) is 0 Å². The Hall–Kier alpha value is -0.730. The van der Waals surface area contributed by atoms with E-state index in [1.54, 1.807) is 13.8 Å². The highest BCUT2D eigenvalue weighted by molar-refractivity contribution is 5.26. The minimum atomic E-state index is -4.22. The van der Waals surface area contributed by atoms with Gasteiger partial charge in [0.05, 0.1) is 5.57 Å². The second-order valence-corrected chi connectivity index (χ2v) is 2.91. The van der Waals surface area contributed by atoms with Crippen LogP contribution < -0.4 is 0 Å². The van der Waals surface area contributed by atoms with E-state index in [0.717, 1.165) is 5.57 Å². The molecule has 0 saturated carbocycles. The van der Waals surface area contributed by atoms with Gasteiger partial charge in [0.15, 0.2) is 0 Å². The van der Waals surface area contributed by atoms with Crippen LogP contribution in [0.5, 0.6) is 0 Å². The lowest BCUT2D eigenvalue weighted by atomic mass is 10.1.